The van der Waals surface area contributed by atoms with E-state index >= 15 is 0 Å². The summed E-state index contributed by atoms with van der Waals surface area (Å²) in [6.45, 7) is 6.84. The molecule has 0 saturated carbocycles. The van der Waals surface area contributed by atoms with E-state index in [2.05, 4.69) is 55.2 Å². The van der Waals surface area contributed by atoms with E-state index < -0.39 is 0 Å². The lowest BCUT2D eigenvalue weighted by Crippen LogP contribution is -2.35. The van der Waals surface area contributed by atoms with Crippen LogP contribution < -0.4 is 0 Å². The first kappa shape index (κ1) is 13.3. The molecule has 0 radical (unpaired) electrons. The molecule has 16 heavy (non-hydrogen) atoms. The molecule has 0 saturated heterocycles. The summed E-state index contributed by atoms with van der Waals surface area (Å²) in [5, 5.41) is 0. The average molecular weight is 238 g/mol. The zero-order valence-electron chi connectivity index (χ0n) is 10.0. The van der Waals surface area contributed by atoms with Crippen molar-refractivity contribution in [1.82, 2.24) is 4.90 Å². The van der Waals surface area contributed by atoms with Gasteiger partial charge in [0.2, 0.25) is 0 Å². The smallest absolute Gasteiger partial charge is 0.0239 e. The first-order valence-corrected chi connectivity index (χ1v) is 5.76. The topological polar surface area (TPSA) is 3.24 Å². The van der Waals surface area contributed by atoms with Gasteiger partial charge in [-0.1, -0.05) is 36.4 Å². The molecule has 0 atom stereocenters. The van der Waals surface area contributed by atoms with Crippen molar-refractivity contribution < 1.29 is 0 Å². The number of benzene rings is 1. The fourth-order valence-electron chi connectivity index (χ4n) is 2.07. The van der Waals surface area contributed by atoms with Gasteiger partial charge in [0.1, 0.15) is 0 Å². The second-order valence-electron chi connectivity index (χ2n) is 4.45. The Morgan fingerprint density at radius 3 is 2.44 bits per heavy atom. The van der Waals surface area contributed by atoms with Crippen LogP contribution in [0, 0.1) is 0 Å². The lowest BCUT2D eigenvalue weighted by Gasteiger charge is -2.30. The Labute approximate surface area is 105 Å². The second kappa shape index (κ2) is 6.07. The Balaban J connectivity index is 0.00000128. The van der Waals surface area contributed by atoms with Crippen LogP contribution in [0.2, 0.25) is 0 Å². The fraction of sp³-hybridized carbons (Fsp3) is 0.429. The highest BCUT2D eigenvalue weighted by atomic mass is 35.5. The van der Waals surface area contributed by atoms with Crippen molar-refractivity contribution in [1.29, 1.82) is 0 Å². The quantitative estimate of drug-likeness (QED) is 0.760. The van der Waals surface area contributed by atoms with E-state index in [9.17, 15) is 0 Å². The van der Waals surface area contributed by atoms with Gasteiger partial charge in [0, 0.05) is 19.1 Å². The molecular weight excluding hydrogens is 218 g/mol. The molecular formula is C14H20ClN. The highest BCUT2D eigenvalue weighted by Crippen LogP contribution is 2.21. The molecule has 2 heteroatoms. The number of hydrogen-bond donors (Lipinski definition) is 0. The van der Waals surface area contributed by atoms with Gasteiger partial charge < -0.3 is 0 Å². The van der Waals surface area contributed by atoms with Crippen LogP contribution >= 0.6 is 12.4 Å². The number of rotatable bonds is 2. The van der Waals surface area contributed by atoms with Crippen LogP contribution in [0.1, 0.15) is 25.8 Å². The van der Waals surface area contributed by atoms with Crippen LogP contribution in [0.25, 0.3) is 5.57 Å². The summed E-state index contributed by atoms with van der Waals surface area (Å²) in [7, 11) is 0. The molecule has 1 aliphatic heterocycles. The van der Waals surface area contributed by atoms with E-state index in [0.29, 0.717) is 6.04 Å². The first-order valence-electron chi connectivity index (χ1n) is 5.76. The third-order valence-corrected chi connectivity index (χ3v) is 3.06. The zero-order valence-corrected chi connectivity index (χ0v) is 10.8. The van der Waals surface area contributed by atoms with Gasteiger partial charge in [0.05, 0.1) is 0 Å². The Hall–Kier alpha value is -0.790. The summed E-state index contributed by atoms with van der Waals surface area (Å²) in [4.78, 5) is 2.53. The highest BCUT2D eigenvalue weighted by Gasteiger charge is 2.15. The van der Waals surface area contributed by atoms with E-state index in [1.54, 1.807) is 0 Å². The molecule has 0 spiro atoms. The van der Waals surface area contributed by atoms with Gasteiger partial charge in [-0.05, 0) is 31.4 Å². The Kier molecular flexibility index (Phi) is 5.04. The highest BCUT2D eigenvalue weighted by molar-refractivity contribution is 5.85. The maximum Gasteiger partial charge on any atom is 0.0239 e. The molecule has 1 nitrogen and oxygen atoms in total. The van der Waals surface area contributed by atoms with E-state index in [0.717, 1.165) is 6.54 Å². The summed E-state index contributed by atoms with van der Waals surface area (Å²) >= 11 is 0. The van der Waals surface area contributed by atoms with Crippen molar-refractivity contribution in [3.8, 4) is 0 Å². The van der Waals surface area contributed by atoms with Gasteiger partial charge in [-0.25, -0.2) is 0 Å². The molecule has 1 heterocycles. The van der Waals surface area contributed by atoms with E-state index in [1.807, 2.05) is 0 Å². The molecule has 2 rings (SSSR count). The first-order chi connectivity index (χ1) is 7.27. The molecule has 0 fully saturated rings. The van der Waals surface area contributed by atoms with E-state index in [4.69, 9.17) is 0 Å². The van der Waals surface area contributed by atoms with Crippen molar-refractivity contribution in [2.75, 3.05) is 13.1 Å². The van der Waals surface area contributed by atoms with Crippen LogP contribution in [-0.2, 0) is 0 Å². The molecule has 1 aromatic carbocycles. The molecule has 1 aromatic rings. The van der Waals surface area contributed by atoms with E-state index in [-0.39, 0.29) is 12.4 Å². The number of hydrogen-bond acceptors (Lipinski definition) is 1. The van der Waals surface area contributed by atoms with Crippen molar-refractivity contribution in [2.45, 2.75) is 26.3 Å². The third-order valence-electron chi connectivity index (χ3n) is 3.06. The maximum absolute atomic E-state index is 2.53. The lowest BCUT2D eigenvalue weighted by molar-refractivity contribution is 0.248. The second-order valence-corrected chi connectivity index (χ2v) is 4.45. The summed E-state index contributed by atoms with van der Waals surface area (Å²) in [6, 6.07) is 11.4. The van der Waals surface area contributed by atoms with E-state index in [1.165, 1.54) is 24.1 Å². The van der Waals surface area contributed by atoms with Crippen LogP contribution in [0.15, 0.2) is 36.4 Å². The summed E-state index contributed by atoms with van der Waals surface area (Å²) < 4.78 is 0. The summed E-state index contributed by atoms with van der Waals surface area (Å²) in [6.07, 6.45) is 3.57. The van der Waals surface area contributed by atoms with Crippen LogP contribution in [0.3, 0.4) is 0 Å². The van der Waals surface area contributed by atoms with Gasteiger partial charge in [0.25, 0.3) is 0 Å². The Morgan fingerprint density at radius 1 is 1.12 bits per heavy atom. The normalized spacial score (nSPS) is 16.8. The maximum atomic E-state index is 2.53. The van der Waals surface area contributed by atoms with Gasteiger partial charge in [0.15, 0.2) is 0 Å². The zero-order chi connectivity index (χ0) is 10.7. The Bertz CT molecular complexity index is 343. The predicted molar refractivity (Wildman–Crippen MR) is 73.0 cm³/mol. The molecule has 0 unspecified atom stereocenters. The molecule has 0 aromatic heterocycles. The SMILES string of the molecule is CC(C)N1CCC=C(c2ccccc2)C1.Cl. The monoisotopic (exact) mass is 237 g/mol. The summed E-state index contributed by atoms with van der Waals surface area (Å²) in [5.74, 6) is 0. The number of halogens is 1. The van der Waals surface area contributed by atoms with Crippen LogP contribution in [-0.4, -0.2) is 24.0 Å². The predicted octanol–water partition coefficient (Wildman–Crippen LogP) is 3.61. The Morgan fingerprint density at radius 2 is 1.81 bits per heavy atom. The van der Waals surface area contributed by atoms with Gasteiger partial charge in [-0.3, -0.25) is 4.90 Å². The minimum atomic E-state index is 0. The fourth-order valence-corrected chi connectivity index (χ4v) is 2.07. The van der Waals surface area contributed by atoms with Gasteiger partial charge in [-0.15, -0.1) is 12.4 Å². The molecule has 88 valence electrons. The van der Waals surface area contributed by atoms with Crippen LogP contribution in [0.4, 0.5) is 0 Å². The number of nitrogens with zero attached hydrogens (tertiary/aromatic N) is 1. The molecule has 0 N–H and O–H groups in total. The molecule has 0 bridgehead atoms. The van der Waals surface area contributed by atoms with Crippen LogP contribution in [0.5, 0.6) is 0 Å². The molecule has 0 amide bonds. The minimum Gasteiger partial charge on any atom is -0.296 e. The van der Waals surface area contributed by atoms with Crippen molar-refractivity contribution >= 4 is 18.0 Å². The van der Waals surface area contributed by atoms with Crippen molar-refractivity contribution in [3.05, 3.63) is 42.0 Å². The summed E-state index contributed by atoms with van der Waals surface area (Å²) in [5.41, 5.74) is 2.86. The lowest BCUT2D eigenvalue weighted by atomic mass is 10.0. The van der Waals surface area contributed by atoms with Gasteiger partial charge in [-0.2, -0.15) is 0 Å². The molecule has 0 aliphatic carbocycles. The average Bonchev–Trinajstić information content (AvgIpc) is 2.30. The standard InChI is InChI=1S/C14H19N.ClH/c1-12(2)15-10-6-9-14(11-15)13-7-4-3-5-8-13;/h3-5,7-9,12H,6,10-11H2,1-2H3;1H. The van der Waals surface area contributed by atoms with Gasteiger partial charge >= 0.3 is 0 Å². The largest absolute Gasteiger partial charge is 0.296 e. The van der Waals surface area contributed by atoms with Crippen molar-refractivity contribution in [2.24, 2.45) is 0 Å². The van der Waals surface area contributed by atoms with Crippen molar-refractivity contribution in [3.63, 3.8) is 0 Å². The molecule has 1 aliphatic rings. The minimum absolute atomic E-state index is 0. The third kappa shape index (κ3) is 3.10.